The van der Waals surface area contributed by atoms with Crippen LogP contribution in [0.25, 0.3) is 0 Å². The minimum absolute atomic E-state index is 0.0920. The Kier molecular flexibility index (Phi) is 4.50. The highest BCUT2D eigenvalue weighted by Crippen LogP contribution is 2.09. The van der Waals surface area contributed by atoms with Crippen molar-refractivity contribution in [1.82, 2.24) is 5.16 Å². The standard InChI is InChI=1S/C10H14N2O4/c1-7-6-9(16-12-7)11-8(13)4-2-3-5-10(14)15/h6H,2-5H2,1H3,(H,11,13)(H,14,15). The van der Waals surface area contributed by atoms with E-state index < -0.39 is 5.97 Å². The number of rotatable bonds is 6. The Hall–Kier alpha value is -1.85. The molecule has 0 saturated heterocycles. The van der Waals surface area contributed by atoms with Crippen LogP contribution in [0.1, 0.15) is 31.4 Å². The summed E-state index contributed by atoms with van der Waals surface area (Å²) in [6.07, 6.45) is 1.42. The first-order chi connectivity index (χ1) is 7.58. The third-order valence-electron chi connectivity index (χ3n) is 1.94. The van der Waals surface area contributed by atoms with Crippen LogP contribution in [0.2, 0.25) is 0 Å². The van der Waals surface area contributed by atoms with E-state index in [2.05, 4.69) is 10.5 Å². The van der Waals surface area contributed by atoms with E-state index in [0.29, 0.717) is 24.4 Å². The normalized spacial score (nSPS) is 10.1. The maximum atomic E-state index is 11.3. The van der Waals surface area contributed by atoms with Gasteiger partial charge in [-0.25, -0.2) is 0 Å². The number of carboxylic acid groups (broad SMARTS) is 1. The largest absolute Gasteiger partial charge is 0.481 e. The smallest absolute Gasteiger partial charge is 0.303 e. The monoisotopic (exact) mass is 226 g/mol. The van der Waals surface area contributed by atoms with Gasteiger partial charge in [0.25, 0.3) is 0 Å². The zero-order valence-corrected chi connectivity index (χ0v) is 9.02. The van der Waals surface area contributed by atoms with Crippen molar-refractivity contribution >= 4 is 17.8 Å². The predicted octanol–water partition coefficient (Wildman–Crippen LogP) is 1.57. The molecule has 6 heteroatoms. The molecule has 0 radical (unpaired) electrons. The topological polar surface area (TPSA) is 92.4 Å². The second-order valence-electron chi connectivity index (χ2n) is 3.48. The Morgan fingerprint density at radius 2 is 2.12 bits per heavy atom. The van der Waals surface area contributed by atoms with E-state index in [0.717, 1.165) is 0 Å². The van der Waals surface area contributed by atoms with Crippen LogP contribution in [0.4, 0.5) is 5.88 Å². The Morgan fingerprint density at radius 3 is 2.69 bits per heavy atom. The average Bonchev–Trinajstić information content (AvgIpc) is 2.58. The lowest BCUT2D eigenvalue weighted by molar-refractivity contribution is -0.137. The molecular formula is C10H14N2O4. The molecule has 0 saturated carbocycles. The van der Waals surface area contributed by atoms with E-state index in [-0.39, 0.29) is 18.7 Å². The molecule has 0 unspecified atom stereocenters. The number of unbranched alkanes of at least 4 members (excludes halogenated alkanes) is 1. The van der Waals surface area contributed by atoms with Gasteiger partial charge in [0.15, 0.2) is 0 Å². The zero-order valence-electron chi connectivity index (χ0n) is 9.02. The van der Waals surface area contributed by atoms with Crippen molar-refractivity contribution in [2.75, 3.05) is 5.32 Å². The summed E-state index contributed by atoms with van der Waals surface area (Å²) in [5.41, 5.74) is 0.696. The van der Waals surface area contributed by atoms with Crippen molar-refractivity contribution < 1.29 is 19.2 Å². The van der Waals surface area contributed by atoms with Crippen LogP contribution in [-0.4, -0.2) is 22.1 Å². The van der Waals surface area contributed by atoms with Gasteiger partial charge in [-0.2, -0.15) is 0 Å². The molecule has 0 atom stereocenters. The van der Waals surface area contributed by atoms with Crippen molar-refractivity contribution in [2.45, 2.75) is 32.6 Å². The lowest BCUT2D eigenvalue weighted by Crippen LogP contribution is -2.10. The molecule has 1 amide bonds. The molecule has 1 aromatic rings. The molecule has 6 nitrogen and oxygen atoms in total. The Bertz CT molecular complexity index is 373. The summed E-state index contributed by atoms with van der Waals surface area (Å²) in [4.78, 5) is 21.5. The predicted molar refractivity (Wildman–Crippen MR) is 56.0 cm³/mol. The van der Waals surface area contributed by atoms with Gasteiger partial charge in [-0.1, -0.05) is 5.16 Å². The quantitative estimate of drug-likeness (QED) is 0.718. The lowest BCUT2D eigenvalue weighted by atomic mass is 10.2. The molecule has 2 N–H and O–H groups in total. The van der Waals surface area contributed by atoms with Gasteiger partial charge >= 0.3 is 5.97 Å². The molecule has 0 fully saturated rings. The summed E-state index contributed by atoms with van der Waals surface area (Å²) in [6, 6.07) is 1.62. The minimum atomic E-state index is -0.841. The Labute approximate surface area is 92.6 Å². The summed E-state index contributed by atoms with van der Waals surface area (Å²) >= 11 is 0. The highest BCUT2D eigenvalue weighted by Gasteiger charge is 2.06. The molecule has 16 heavy (non-hydrogen) atoms. The van der Waals surface area contributed by atoms with Crippen LogP contribution in [0, 0.1) is 6.92 Å². The first-order valence-corrected chi connectivity index (χ1v) is 5.03. The number of aliphatic carboxylic acids is 1. The van der Waals surface area contributed by atoms with Gasteiger partial charge in [-0.3, -0.25) is 14.9 Å². The summed E-state index contributed by atoms with van der Waals surface area (Å²) < 4.78 is 4.80. The van der Waals surface area contributed by atoms with Gasteiger partial charge < -0.3 is 9.63 Å². The van der Waals surface area contributed by atoms with Gasteiger partial charge in [0, 0.05) is 18.9 Å². The first-order valence-electron chi connectivity index (χ1n) is 5.03. The number of carbonyl (C=O) groups excluding carboxylic acids is 1. The van der Waals surface area contributed by atoms with E-state index in [1.807, 2.05) is 0 Å². The number of hydrogen-bond donors (Lipinski definition) is 2. The van der Waals surface area contributed by atoms with Gasteiger partial charge in [0.1, 0.15) is 0 Å². The number of nitrogens with one attached hydrogen (secondary N) is 1. The molecule has 88 valence electrons. The fourth-order valence-corrected chi connectivity index (χ4v) is 1.18. The van der Waals surface area contributed by atoms with Crippen molar-refractivity contribution in [3.63, 3.8) is 0 Å². The number of nitrogens with zero attached hydrogens (tertiary/aromatic N) is 1. The molecule has 0 bridgehead atoms. The number of carbonyl (C=O) groups is 2. The van der Waals surface area contributed by atoms with E-state index in [9.17, 15) is 9.59 Å². The van der Waals surface area contributed by atoms with Crippen molar-refractivity contribution in [2.24, 2.45) is 0 Å². The second-order valence-corrected chi connectivity index (χ2v) is 3.48. The van der Waals surface area contributed by atoms with Crippen molar-refractivity contribution in [3.8, 4) is 0 Å². The highest BCUT2D eigenvalue weighted by molar-refractivity contribution is 5.89. The minimum Gasteiger partial charge on any atom is -0.481 e. The van der Waals surface area contributed by atoms with Gasteiger partial charge in [0.05, 0.1) is 5.69 Å². The molecule has 1 aromatic heterocycles. The van der Waals surface area contributed by atoms with Crippen LogP contribution >= 0.6 is 0 Å². The summed E-state index contributed by atoms with van der Waals surface area (Å²) in [7, 11) is 0. The van der Waals surface area contributed by atoms with E-state index in [4.69, 9.17) is 9.63 Å². The number of anilines is 1. The second kappa shape index (κ2) is 5.89. The van der Waals surface area contributed by atoms with Crippen LogP contribution in [0.15, 0.2) is 10.6 Å². The maximum Gasteiger partial charge on any atom is 0.303 e. The van der Waals surface area contributed by atoms with Crippen LogP contribution in [0.3, 0.4) is 0 Å². The van der Waals surface area contributed by atoms with E-state index in [1.54, 1.807) is 13.0 Å². The van der Waals surface area contributed by atoms with Gasteiger partial charge in [-0.05, 0) is 19.8 Å². The Morgan fingerprint density at radius 1 is 1.44 bits per heavy atom. The van der Waals surface area contributed by atoms with E-state index >= 15 is 0 Å². The maximum absolute atomic E-state index is 11.3. The number of aromatic nitrogens is 1. The zero-order chi connectivity index (χ0) is 12.0. The molecule has 0 aliphatic heterocycles. The van der Waals surface area contributed by atoms with Crippen molar-refractivity contribution in [3.05, 3.63) is 11.8 Å². The molecular weight excluding hydrogens is 212 g/mol. The van der Waals surface area contributed by atoms with Gasteiger partial charge in [0.2, 0.25) is 11.8 Å². The summed E-state index contributed by atoms with van der Waals surface area (Å²) in [6.45, 7) is 1.76. The van der Waals surface area contributed by atoms with Crippen LogP contribution in [-0.2, 0) is 9.59 Å². The lowest BCUT2D eigenvalue weighted by Gasteiger charge is -1.99. The summed E-state index contributed by atoms with van der Waals surface area (Å²) in [5.74, 6) is -0.714. The average molecular weight is 226 g/mol. The van der Waals surface area contributed by atoms with Crippen LogP contribution in [0.5, 0.6) is 0 Å². The van der Waals surface area contributed by atoms with Crippen molar-refractivity contribution in [1.29, 1.82) is 0 Å². The first kappa shape index (κ1) is 12.2. The third kappa shape index (κ3) is 4.59. The number of amides is 1. The Balaban J connectivity index is 2.18. The number of carboxylic acids is 1. The fourth-order valence-electron chi connectivity index (χ4n) is 1.18. The fraction of sp³-hybridized carbons (Fsp3) is 0.500. The SMILES string of the molecule is Cc1cc(NC(=O)CCCCC(=O)O)on1. The molecule has 1 heterocycles. The van der Waals surface area contributed by atoms with Crippen LogP contribution < -0.4 is 5.32 Å². The molecule has 0 aliphatic carbocycles. The molecule has 0 aromatic carbocycles. The molecule has 0 aliphatic rings. The highest BCUT2D eigenvalue weighted by atomic mass is 16.5. The number of hydrogen-bond acceptors (Lipinski definition) is 4. The van der Waals surface area contributed by atoms with Gasteiger partial charge in [-0.15, -0.1) is 0 Å². The summed E-state index contributed by atoms with van der Waals surface area (Å²) in [5, 5.41) is 14.6. The number of aryl methyl sites for hydroxylation is 1. The van der Waals surface area contributed by atoms with E-state index in [1.165, 1.54) is 0 Å². The molecule has 0 spiro atoms. The molecule has 1 rings (SSSR count). The third-order valence-corrected chi connectivity index (χ3v) is 1.94.